The molecule has 2 aliphatic rings. The monoisotopic (exact) mass is 392 g/mol. The van der Waals surface area contributed by atoms with E-state index in [1.165, 1.54) is 13.2 Å². The maximum Gasteiger partial charge on any atom is 0.418 e. The third-order valence-corrected chi connectivity index (χ3v) is 5.73. The van der Waals surface area contributed by atoms with Crippen molar-refractivity contribution in [3.63, 3.8) is 0 Å². The molecule has 150 valence electrons. The van der Waals surface area contributed by atoms with Crippen LogP contribution in [-0.2, 0) is 6.18 Å². The van der Waals surface area contributed by atoms with Gasteiger partial charge >= 0.3 is 6.18 Å². The van der Waals surface area contributed by atoms with Gasteiger partial charge in [-0.1, -0.05) is 0 Å². The first-order valence-corrected chi connectivity index (χ1v) is 9.26. The number of pyridine rings is 1. The van der Waals surface area contributed by atoms with Crippen LogP contribution in [0.5, 0.6) is 5.88 Å². The molecule has 0 bridgehead atoms. The van der Waals surface area contributed by atoms with Crippen LogP contribution in [0.2, 0.25) is 0 Å². The second-order valence-corrected chi connectivity index (χ2v) is 7.37. The summed E-state index contributed by atoms with van der Waals surface area (Å²) in [6.07, 6.45) is -2.01. The molecule has 1 aromatic heterocycles. The van der Waals surface area contributed by atoms with Gasteiger partial charge < -0.3 is 20.3 Å². The number of nitrogens with zero attached hydrogens (tertiary/aromatic N) is 2. The Morgan fingerprint density at radius 1 is 1.32 bits per heavy atom. The Morgan fingerprint density at radius 2 is 2.11 bits per heavy atom. The zero-order valence-corrected chi connectivity index (χ0v) is 16.0. The van der Waals surface area contributed by atoms with Crippen LogP contribution in [0.1, 0.15) is 29.0 Å². The smallest absolute Gasteiger partial charge is 0.418 e. The molecule has 2 N–H and O–H groups in total. The number of rotatable bonds is 3. The maximum absolute atomic E-state index is 13.9. The molecule has 0 aliphatic carbocycles. The number of halogens is 3. The number of hydrogen-bond acceptors (Lipinski definition) is 5. The van der Waals surface area contributed by atoms with Crippen molar-refractivity contribution in [1.82, 2.24) is 10.3 Å². The SMILES string of the molecule is COc1nccc(C)c1Nc1cc2c(c(C(F)(F)F)c1)N(C)[C@@H]1CCNC[C@H]21. The van der Waals surface area contributed by atoms with E-state index in [9.17, 15) is 13.2 Å². The van der Waals surface area contributed by atoms with Crippen LogP contribution in [0.3, 0.4) is 0 Å². The van der Waals surface area contributed by atoms with E-state index in [0.29, 0.717) is 29.5 Å². The van der Waals surface area contributed by atoms with Crippen molar-refractivity contribution < 1.29 is 17.9 Å². The highest BCUT2D eigenvalue weighted by molar-refractivity contribution is 5.76. The number of aryl methyl sites for hydroxylation is 1. The van der Waals surface area contributed by atoms with Gasteiger partial charge in [0.2, 0.25) is 5.88 Å². The molecule has 0 saturated carbocycles. The van der Waals surface area contributed by atoms with E-state index in [2.05, 4.69) is 15.6 Å². The number of hydrogen-bond donors (Lipinski definition) is 2. The molecule has 2 atom stereocenters. The number of aromatic nitrogens is 1. The van der Waals surface area contributed by atoms with E-state index in [-0.39, 0.29) is 12.0 Å². The summed E-state index contributed by atoms with van der Waals surface area (Å²) in [5, 5.41) is 6.43. The van der Waals surface area contributed by atoms with Gasteiger partial charge in [-0.3, -0.25) is 0 Å². The van der Waals surface area contributed by atoms with Crippen LogP contribution < -0.4 is 20.3 Å². The summed E-state index contributed by atoms with van der Waals surface area (Å²) < 4.78 is 47.1. The fourth-order valence-corrected chi connectivity index (χ4v) is 4.40. The van der Waals surface area contributed by atoms with Gasteiger partial charge in [-0.25, -0.2) is 4.98 Å². The molecule has 0 amide bonds. The summed E-state index contributed by atoms with van der Waals surface area (Å²) in [6.45, 7) is 3.36. The van der Waals surface area contributed by atoms with Crippen molar-refractivity contribution in [1.29, 1.82) is 0 Å². The Labute approximate surface area is 161 Å². The van der Waals surface area contributed by atoms with Crippen LogP contribution in [-0.4, -0.2) is 38.3 Å². The molecule has 1 fully saturated rings. The van der Waals surface area contributed by atoms with E-state index in [0.717, 1.165) is 24.1 Å². The Kier molecular flexibility index (Phi) is 4.61. The summed E-state index contributed by atoms with van der Waals surface area (Å²) in [6, 6.07) is 4.90. The van der Waals surface area contributed by atoms with E-state index >= 15 is 0 Å². The van der Waals surface area contributed by atoms with Gasteiger partial charge in [0.05, 0.1) is 18.4 Å². The maximum atomic E-state index is 13.9. The Hall–Kier alpha value is -2.48. The average Bonchev–Trinajstić information content (AvgIpc) is 2.95. The summed E-state index contributed by atoms with van der Waals surface area (Å²) in [4.78, 5) is 5.96. The highest BCUT2D eigenvalue weighted by Gasteiger charge is 2.45. The summed E-state index contributed by atoms with van der Waals surface area (Å²) in [7, 11) is 3.26. The first kappa shape index (κ1) is 18.9. The van der Waals surface area contributed by atoms with Crippen molar-refractivity contribution in [2.75, 3.05) is 37.5 Å². The number of nitrogens with one attached hydrogen (secondary N) is 2. The molecule has 2 aromatic rings. The number of fused-ring (bicyclic) bond motifs is 3. The van der Waals surface area contributed by atoms with Gasteiger partial charge in [0.25, 0.3) is 0 Å². The van der Waals surface area contributed by atoms with Crippen LogP contribution in [0.4, 0.5) is 30.2 Å². The van der Waals surface area contributed by atoms with Gasteiger partial charge in [-0.15, -0.1) is 0 Å². The fourth-order valence-electron chi connectivity index (χ4n) is 4.40. The third-order valence-electron chi connectivity index (χ3n) is 5.73. The van der Waals surface area contributed by atoms with Crippen LogP contribution in [0, 0.1) is 6.92 Å². The zero-order chi connectivity index (χ0) is 20.1. The lowest BCUT2D eigenvalue weighted by Gasteiger charge is -2.31. The molecule has 28 heavy (non-hydrogen) atoms. The third kappa shape index (κ3) is 3.05. The van der Waals surface area contributed by atoms with Crippen LogP contribution in [0.15, 0.2) is 24.4 Å². The Bertz CT molecular complexity index is 900. The summed E-state index contributed by atoms with van der Waals surface area (Å²) in [5.74, 6) is 0.386. The normalized spacial score (nSPS) is 21.3. The molecular formula is C20H23F3N4O. The minimum Gasteiger partial charge on any atom is -0.480 e. The van der Waals surface area contributed by atoms with Crippen molar-refractivity contribution in [3.05, 3.63) is 41.1 Å². The highest BCUT2D eigenvalue weighted by Crippen LogP contribution is 2.50. The highest BCUT2D eigenvalue weighted by atomic mass is 19.4. The van der Waals surface area contributed by atoms with Crippen molar-refractivity contribution in [3.8, 4) is 5.88 Å². The standard InChI is InChI=1S/C20H23F3N4O/c1-11-4-7-25-19(28-3)17(11)26-12-8-13-14-10-24-6-5-16(14)27(2)18(13)15(9-12)20(21,22)23/h4,7-9,14,16,24,26H,5-6,10H2,1-3H3/t14-,16-/m1/s1. The molecule has 0 radical (unpaired) electrons. The fraction of sp³-hybridized carbons (Fsp3) is 0.450. The first-order chi connectivity index (χ1) is 13.3. The lowest BCUT2D eigenvalue weighted by molar-refractivity contribution is -0.137. The molecule has 1 saturated heterocycles. The minimum absolute atomic E-state index is 0.0356. The quantitative estimate of drug-likeness (QED) is 0.825. The number of anilines is 3. The van der Waals surface area contributed by atoms with E-state index in [4.69, 9.17) is 4.74 Å². The molecule has 3 heterocycles. The predicted molar refractivity (Wildman–Crippen MR) is 103 cm³/mol. The lowest BCUT2D eigenvalue weighted by atomic mass is 9.89. The molecular weight excluding hydrogens is 369 g/mol. The molecule has 0 spiro atoms. The molecule has 1 aromatic carbocycles. The van der Waals surface area contributed by atoms with Crippen molar-refractivity contribution >= 4 is 17.1 Å². The van der Waals surface area contributed by atoms with E-state index < -0.39 is 11.7 Å². The van der Waals surface area contributed by atoms with Gasteiger partial charge in [0.15, 0.2) is 0 Å². The second-order valence-electron chi connectivity index (χ2n) is 7.37. The van der Waals surface area contributed by atoms with Gasteiger partial charge in [0.1, 0.15) is 5.69 Å². The van der Waals surface area contributed by atoms with Gasteiger partial charge in [-0.05, 0) is 49.2 Å². The lowest BCUT2D eigenvalue weighted by Crippen LogP contribution is -2.42. The van der Waals surface area contributed by atoms with E-state index in [1.807, 2.05) is 17.9 Å². The summed E-state index contributed by atoms with van der Waals surface area (Å²) >= 11 is 0. The molecule has 4 rings (SSSR count). The first-order valence-electron chi connectivity index (χ1n) is 9.26. The minimum atomic E-state index is -4.44. The number of benzene rings is 1. The van der Waals surface area contributed by atoms with Crippen molar-refractivity contribution in [2.24, 2.45) is 0 Å². The molecule has 0 unspecified atom stereocenters. The van der Waals surface area contributed by atoms with Crippen LogP contribution >= 0.6 is 0 Å². The number of ether oxygens (including phenoxy) is 1. The van der Waals surface area contributed by atoms with Gasteiger partial charge in [-0.2, -0.15) is 13.2 Å². The molecule has 5 nitrogen and oxygen atoms in total. The number of alkyl halides is 3. The Balaban J connectivity index is 1.83. The number of piperidine rings is 1. The van der Waals surface area contributed by atoms with E-state index in [1.54, 1.807) is 19.3 Å². The predicted octanol–water partition coefficient (Wildman–Crippen LogP) is 4.06. The Morgan fingerprint density at radius 3 is 2.82 bits per heavy atom. The average molecular weight is 392 g/mol. The second kappa shape index (κ2) is 6.84. The summed E-state index contributed by atoms with van der Waals surface area (Å²) in [5.41, 5.74) is 2.23. The topological polar surface area (TPSA) is 49.4 Å². The van der Waals surface area contributed by atoms with Gasteiger partial charge in [0, 0.05) is 37.4 Å². The number of methoxy groups -OCH3 is 1. The number of likely N-dealkylation sites (N-methyl/N-ethyl adjacent to an activating group) is 1. The zero-order valence-electron chi connectivity index (χ0n) is 16.0. The van der Waals surface area contributed by atoms with Crippen LogP contribution in [0.25, 0.3) is 0 Å². The van der Waals surface area contributed by atoms with Crippen molar-refractivity contribution in [2.45, 2.75) is 31.5 Å². The largest absolute Gasteiger partial charge is 0.480 e. The molecule has 8 heteroatoms. The molecule has 2 aliphatic heterocycles.